The first-order valence-corrected chi connectivity index (χ1v) is 7.55. The number of ether oxygens (including phenoxy) is 1. The van der Waals surface area contributed by atoms with E-state index in [1.165, 1.54) is 7.11 Å². The first-order valence-electron chi connectivity index (χ1n) is 7.55. The zero-order chi connectivity index (χ0) is 14.5. The largest absolute Gasteiger partial charge is 0.469 e. The number of rotatable bonds is 6. The molecule has 1 heterocycles. The molecule has 0 aromatic carbocycles. The summed E-state index contributed by atoms with van der Waals surface area (Å²) < 4.78 is 4.90. The lowest BCUT2D eigenvalue weighted by Crippen LogP contribution is -2.47. The lowest BCUT2D eigenvalue weighted by molar-refractivity contribution is -0.147. The van der Waals surface area contributed by atoms with Gasteiger partial charge in [-0.3, -0.25) is 15.0 Å². The van der Waals surface area contributed by atoms with E-state index < -0.39 is 7.12 Å². The number of carbonyl (C=O) groups excluding carboxylic acids is 1. The van der Waals surface area contributed by atoms with E-state index in [-0.39, 0.29) is 17.9 Å². The highest BCUT2D eigenvalue weighted by Gasteiger charge is 2.44. The molecule has 0 amide bonds. The molecule has 0 bridgehead atoms. The van der Waals surface area contributed by atoms with Crippen molar-refractivity contribution in [2.45, 2.75) is 50.5 Å². The van der Waals surface area contributed by atoms with Gasteiger partial charge in [-0.25, -0.2) is 0 Å². The second kappa shape index (κ2) is 7.40. The van der Waals surface area contributed by atoms with E-state index in [4.69, 9.17) is 14.8 Å². The third-order valence-corrected chi connectivity index (χ3v) is 4.52. The van der Waals surface area contributed by atoms with E-state index in [0.717, 1.165) is 45.3 Å². The first kappa shape index (κ1) is 15.8. The van der Waals surface area contributed by atoms with E-state index in [1.807, 2.05) is 0 Å². The molecule has 1 aliphatic carbocycles. The predicted molar refractivity (Wildman–Crippen MR) is 75.9 cm³/mol. The van der Waals surface area contributed by atoms with Crippen molar-refractivity contribution in [1.29, 1.82) is 0 Å². The molecule has 0 radical (unpaired) electrons. The van der Waals surface area contributed by atoms with Crippen LogP contribution in [0.2, 0.25) is 6.32 Å². The van der Waals surface area contributed by atoms with Crippen LogP contribution in [0.5, 0.6) is 0 Å². The standard InChI is InChI=1S/C13H25BN2O4/c1-20-13(17)10-5-4-6-11-12(10)15-9-16(11)8-3-2-7-14(18)19/h10-12,15,18-19H,2-9H2,1H3. The molecule has 3 unspecified atom stereocenters. The monoisotopic (exact) mass is 284 g/mol. The van der Waals surface area contributed by atoms with Crippen molar-refractivity contribution in [2.24, 2.45) is 5.92 Å². The molecule has 3 atom stereocenters. The first-order chi connectivity index (χ1) is 9.63. The van der Waals surface area contributed by atoms with Crippen LogP contribution >= 0.6 is 0 Å². The molecule has 2 aliphatic rings. The number of carbonyl (C=O) groups is 1. The molecule has 3 N–H and O–H groups in total. The fraction of sp³-hybridized carbons (Fsp3) is 0.923. The Morgan fingerprint density at radius 2 is 2.20 bits per heavy atom. The van der Waals surface area contributed by atoms with Crippen LogP contribution in [0.3, 0.4) is 0 Å². The number of unbranched alkanes of at least 4 members (excludes halogenated alkanes) is 1. The molecule has 6 nitrogen and oxygen atoms in total. The van der Waals surface area contributed by atoms with Gasteiger partial charge in [0, 0.05) is 18.8 Å². The molecular weight excluding hydrogens is 259 g/mol. The highest BCUT2D eigenvalue weighted by molar-refractivity contribution is 6.40. The van der Waals surface area contributed by atoms with Gasteiger partial charge in [0.1, 0.15) is 0 Å². The van der Waals surface area contributed by atoms with E-state index >= 15 is 0 Å². The Labute approximate surface area is 120 Å². The van der Waals surface area contributed by atoms with Crippen LogP contribution < -0.4 is 5.32 Å². The van der Waals surface area contributed by atoms with Crippen LogP contribution in [0.15, 0.2) is 0 Å². The molecule has 114 valence electrons. The number of hydrogen-bond donors (Lipinski definition) is 3. The molecule has 0 aromatic rings. The molecule has 20 heavy (non-hydrogen) atoms. The second-order valence-electron chi connectivity index (χ2n) is 5.80. The summed E-state index contributed by atoms with van der Waals surface area (Å²) in [6.07, 6.45) is 5.28. The smallest absolute Gasteiger partial charge is 0.451 e. The lowest BCUT2D eigenvalue weighted by Gasteiger charge is -2.34. The zero-order valence-electron chi connectivity index (χ0n) is 12.1. The highest BCUT2D eigenvalue weighted by Crippen LogP contribution is 2.32. The van der Waals surface area contributed by atoms with E-state index in [2.05, 4.69) is 10.2 Å². The minimum absolute atomic E-state index is 0.0250. The van der Waals surface area contributed by atoms with Crippen molar-refractivity contribution in [3.63, 3.8) is 0 Å². The number of nitrogens with zero attached hydrogens (tertiary/aromatic N) is 1. The maximum atomic E-state index is 11.8. The number of methoxy groups -OCH3 is 1. The van der Waals surface area contributed by atoms with Gasteiger partial charge >= 0.3 is 13.1 Å². The number of esters is 1. The number of hydrogen-bond acceptors (Lipinski definition) is 6. The summed E-state index contributed by atoms with van der Waals surface area (Å²) in [6, 6.07) is 0.617. The molecule has 0 spiro atoms. The van der Waals surface area contributed by atoms with Crippen LogP contribution in [0.4, 0.5) is 0 Å². The van der Waals surface area contributed by atoms with Gasteiger partial charge < -0.3 is 14.8 Å². The minimum atomic E-state index is -1.20. The molecule has 1 saturated carbocycles. The fourth-order valence-electron chi connectivity index (χ4n) is 3.50. The summed E-state index contributed by atoms with van der Waals surface area (Å²) >= 11 is 0. The molecule has 0 aromatic heterocycles. The molecule has 2 rings (SSSR count). The average molecular weight is 284 g/mol. The van der Waals surface area contributed by atoms with Gasteiger partial charge in [-0.05, 0) is 32.1 Å². The summed E-state index contributed by atoms with van der Waals surface area (Å²) in [5.41, 5.74) is 0. The average Bonchev–Trinajstić information content (AvgIpc) is 2.85. The Morgan fingerprint density at radius 1 is 1.40 bits per heavy atom. The summed E-state index contributed by atoms with van der Waals surface area (Å²) in [4.78, 5) is 14.2. The third-order valence-electron chi connectivity index (χ3n) is 4.52. The molecular formula is C13H25BN2O4. The SMILES string of the molecule is COC(=O)C1CCCC2C1NCN2CCCCB(O)O. The Kier molecular flexibility index (Phi) is 5.83. The number of nitrogens with one attached hydrogen (secondary N) is 1. The zero-order valence-corrected chi connectivity index (χ0v) is 12.1. The van der Waals surface area contributed by atoms with Crippen LogP contribution in [0.25, 0.3) is 0 Å². The van der Waals surface area contributed by atoms with Gasteiger partial charge in [0.05, 0.1) is 13.0 Å². The molecule has 1 aliphatic heterocycles. The summed E-state index contributed by atoms with van der Waals surface area (Å²) in [6.45, 7) is 1.75. The van der Waals surface area contributed by atoms with E-state index in [9.17, 15) is 4.79 Å². The Bertz CT molecular complexity index is 329. The molecule has 2 fully saturated rings. The van der Waals surface area contributed by atoms with Crippen molar-refractivity contribution >= 4 is 13.1 Å². The Balaban J connectivity index is 1.81. The highest BCUT2D eigenvalue weighted by atomic mass is 16.5. The van der Waals surface area contributed by atoms with Gasteiger partial charge in [0.25, 0.3) is 0 Å². The van der Waals surface area contributed by atoms with Crippen molar-refractivity contribution in [3.05, 3.63) is 0 Å². The van der Waals surface area contributed by atoms with Gasteiger partial charge in [-0.2, -0.15) is 0 Å². The van der Waals surface area contributed by atoms with Crippen molar-refractivity contribution in [3.8, 4) is 0 Å². The summed E-state index contributed by atoms with van der Waals surface area (Å²) in [7, 11) is 0.261. The van der Waals surface area contributed by atoms with Crippen molar-refractivity contribution in [2.75, 3.05) is 20.3 Å². The molecule has 7 heteroatoms. The Hall–Kier alpha value is -0.625. The maximum absolute atomic E-state index is 11.8. The summed E-state index contributed by atoms with van der Waals surface area (Å²) in [5, 5.41) is 21.1. The van der Waals surface area contributed by atoms with Gasteiger partial charge in [0.15, 0.2) is 0 Å². The Morgan fingerprint density at radius 3 is 2.90 bits per heavy atom. The van der Waals surface area contributed by atoms with Crippen LogP contribution in [-0.2, 0) is 9.53 Å². The van der Waals surface area contributed by atoms with E-state index in [1.54, 1.807) is 0 Å². The predicted octanol–water partition coefficient (Wildman–Crippen LogP) is -0.188. The summed E-state index contributed by atoms with van der Waals surface area (Å²) in [5.74, 6) is -0.125. The lowest BCUT2D eigenvalue weighted by atomic mass is 9.81. The third kappa shape index (κ3) is 3.72. The van der Waals surface area contributed by atoms with Gasteiger partial charge in [-0.15, -0.1) is 0 Å². The van der Waals surface area contributed by atoms with Gasteiger partial charge in [0.2, 0.25) is 0 Å². The quantitative estimate of drug-likeness (QED) is 0.356. The molecule has 1 saturated heterocycles. The maximum Gasteiger partial charge on any atom is 0.451 e. The minimum Gasteiger partial charge on any atom is -0.469 e. The van der Waals surface area contributed by atoms with Crippen LogP contribution in [-0.4, -0.2) is 60.4 Å². The van der Waals surface area contributed by atoms with Crippen molar-refractivity contribution in [1.82, 2.24) is 10.2 Å². The number of fused-ring (bicyclic) bond motifs is 1. The van der Waals surface area contributed by atoms with Crippen LogP contribution in [0.1, 0.15) is 32.1 Å². The van der Waals surface area contributed by atoms with Gasteiger partial charge in [-0.1, -0.05) is 12.8 Å². The van der Waals surface area contributed by atoms with E-state index in [0.29, 0.717) is 12.4 Å². The topological polar surface area (TPSA) is 82.0 Å². The second-order valence-corrected chi connectivity index (χ2v) is 5.80. The fourth-order valence-corrected chi connectivity index (χ4v) is 3.50. The van der Waals surface area contributed by atoms with Crippen LogP contribution in [0, 0.1) is 5.92 Å². The normalized spacial score (nSPS) is 30.1. The van der Waals surface area contributed by atoms with Crippen molar-refractivity contribution < 1.29 is 19.6 Å².